The van der Waals surface area contributed by atoms with Gasteiger partial charge in [0.1, 0.15) is 6.04 Å². The summed E-state index contributed by atoms with van der Waals surface area (Å²) in [5, 5.41) is 0. The topological polar surface area (TPSA) is 67.6 Å². The Hall–Kier alpha value is -0.300. The van der Waals surface area contributed by atoms with E-state index in [1.54, 1.807) is 18.9 Å². The molecule has 1 unspecified atom stereocenters. The van der Waals surface area contributed by atoms with Gasteiger partial charge in [-0.3, -0.25) is 15.1 Å². The number of likely N-dealkylation sites (N-methyl/N-ethyl adjacent to an activating group) is 1. The minimum atomic E-state index is -0.308. The Morgan fingerprint density at radius 2 is 2.36 bits per heavy atom. The van der Waals surface area contributed by atoms with E-state index in [4.69, 9.17) is 10.6 Å². The predicted molar refractivity (Wildman–Crippen MR) is 59.0 cm³/mol. The summed E-state index contributed by atoms with van der Waals surface area (Å²) in [6, 6.07) is -0.308. The Bertz CT molecular complexity index is 169. The number of hydrogen-bond acceptors (Lipinski definition) is 5. The summed E-state index contributed by atoms with van der Waals surface area (Å²) in [4.78, 5) is 13.3. The largest absolute Gasteiger partial charge is 0.383 e. The minimum absolute atomic E-state index is 0.213. The van der Waals surface area contributed by atoms with Crippen molar-refractivity contribution in [3.8, 4) is 0 Å². The van der Waals surface area contributed by atoms with Crippen LogP contribution in [0.2, 0.25) is 0 Å². The fourth-order valence-electron chi connectivity index (χ4n) is 1.05. The van der Waals surface area contributed by atoms with Crippen LogP contribution in [0.3, 0.4) is 0 Å². The summed E-state index contributed by atoms with van der Waals surface area (Å²) in [6.45, 7) is 1.19. The van der Waals surface area contributed by atoms with E-state index in [0.717, 1.165) is 12.3 Å². The van der Waals surface area contributed by atoms with Gasteiger partial charge in [-0.15, -0.1) is 0 Å². The number of rotatable bonds is 7. The number of ether oxygens (including phenoxy) is 1. The number of thioether (sulfide) groups is 1. The molecule has 0 aliphatic heterocycles. The second-order valence-electron chi connectivity index (χ2n) is 2.95. The Balaban J connectivity index is 4.10. The zero-order valence-corrected chi connectivity index (χ0v) is 9.76. The molecular formula is C8H19N3O2S. The van der Waals surface area contributed by atoms with E-state index in [1.807, 2.05) is 18.2 Å². The molecule has 1 amide bonds. The van der Waals surface area contributed by atoms with Crippen LogP contribution in [0.25, 0.3) is 0 Å². The van der Waals surface area contributed by atoms with Crippen molar-refractivity contribution in [3.63, 3.8) is 0 Å². The van der Waals surface area contributed by atoms with Gasteiger partial charge in [0.25, 0.3) is 5.91 Å². The number of nitrogens with two attached hydrogens (primary N) is 1. The lowest BCUT2D eigenvalue weighted by Crippen LogP contribution is -2.50. The van der Waals surface area contributed by atoms with E-state index < -0.39 is 0 Å². The van der Waals surface area contributed by atoms with Crippen LogP contribution in [-0.4, -0.2) is 56.2 Å². The number of carbonyl (C=O) groups is 1. The summed E-state index contributed by atoms with van der Waals surface area (Å²) in [5.74, 6) is 5.85. The molecule has 14 heavy (non-hydrogen) atoms. The molecule has 0 saturated carbocycles. The molecule has 0 aromatic carbocycles. The molecule has 0 aliphatic rings. The molecule has 0 aromatic rings. The predicted octanol–water partition coefficient (Wildman–Crippen LogP) is -0.714. The lowest BCUT2D eigenvalue weighted by Gasteiger charge is -2.25. The molecule has 0 spiro atoms. The van der Waals surface area contributed by atoms with E-state index in [0.29, 0.717) is 6.61 Å². The Morgan fingerprint density at radius 1 is 1.71 bits per heavy atom. The van der Waals surface area contributed by atoms with Crippen LogP contribution >= 0.6 is 11.8 Å². The van der Waals surface area contributed by atoms with Crippen LogP contribution in [0.5, 0.6) is 0 Å². The van der Waals surface area contributed by atoms with Crippen LogP contribution in [0.4, 0.5) is 0 Å². The van der Waals surface area contributed by atoms with Crippen molar-refractivity contribution < 1.29 is 9.53 Å². The fraction of sp³-hybridized carbons (Fsp3) is 0.875. The third-order valence-corrected chi connectivity index (χ3v) is 2.54. The lowest BCUT2D eigenvalue weighted by molar-refractivity contribution is -0.127. The Kier molecular flexibility index (Phi) is 7.87. The fourth-order valence-corrected chi connectivity index (χ4v) is 1.52. The third-order valence-electron chi connectivity index (χ3n) is 1.95. The van der Waals surface area contributed by atoms with Crippen molar-refractivity contribution >= 4 is 17.7 Å². The van der Waals surface area contributed by atoms with Gasteiger partial charge in [-0.25, -0.2) is 5.84 Å². The van der Waals surface area contributed by atoms with E-state index in [-0.39, 0.29) is 11.9 Å². The number of methoxy groups -OCH3 is 1. The monoisotopic (exact) mass is 221 g/mol. The zero-order chi connectivity index (χ0) is 11.0. The minimum Gasteiger partial charge on any atom is -0.383 e. The summed E-state index contributed by atoms with van der Waals surface area (Å²) in [5.41, 5.74) is 2.14. The molecule has 0 aliphatic carbocycles. The molecule has 0 radical (unpaired) electrons. The number of nitrogens with zero attached hydrogens (tertiary/aromatic N) is 1. The van der Waals surface area contributed by atoms with E-state index in [1.165, 1.54) is 0 Å². The van der Waals surface area contributed by atoms with Crippen molar-refractivity contribution in [2.75, 3.05) is 39.3 Å². The van der Waals surface area contributed by atoms with Gasteiger partial charge >= 0.3 is 0 Å². The van der Waals surface area contributed by atoms with Gasteiger partial charge in [0.2, 0.25) is 0 Å². The quantitative estimate of drug-likeness (QED) is 0.337. The molecule has 0 aromatic heterocycles. The first-order valence-corrected chi connectivity index (χ1v) is 5.75. The van der Waals surface area contributed by atoms with Gasteiger partial charge < -0.3 is 4.74 Å². The highest BCUT2D eigenvalue weighted by molar-refractivity contribution is 7.98. The number of carbonyl (C=O) groups excluding carboxylic acids is 1. The third kappa shape index (κ3) is 4.80. The summed E-state index contributed by atoms with van der Waals surface area (Å²) < 4.78 is 4.96. The van der Waals surface area contributed by atoms with Crippen LogP contribution in [-0.2, 0) is 9.53 Å². The van der Waals surface area contributed by atoms with Crippen molar-refractivity contribution in [1.82, 2.24) is 10.3 Å². The van der Waals surface area contributed by atoms with Gasteiger partial charge in [-0.2, -0.15) is 11.8 Å². The maximum absolute atomic E-state index is 11.3. The normalized spacial score (nSPS) is 12.9. The van der Waals surface area contributed by atoms with Crippen LogP contribution < -0.4 is 11.3 Å². The number of hydrazine groups is 1. The molecule has 3 N–H and O–H groups in total. The number of amides is 1. The molecule has 0 fully saturated rings. The number of nitrogens with one attached hydrogen (secondary N) is 1. The molecule has 0 saturated heterocycles. The second kappa shape index (κ2) is 8.05. The van der Waals surface area contributed by atoms with Crippen LogP contribution in [0, 0.1) is 0 Å². The van der Waals surface area contributed by atoms with Crippen molar-refractivity contribution in [1.29, 1.82) is 0 Å². The summed E-state index contributed by atoms with van der Waals surface area (Å²) in [7, 11) is 3.45. The molecule has 84 valence electrons. The SMILES string of the molecule is COCC(C(=O)NN)N(C)CCSC. The highest BCUT2D eigenvalue weighted by atomic mass is 32.2. The van der Waals surface area contributed by atoms with Gasteiger partial charge in [0.05, 0.1) is 6.61 Å². The molecule has 0 rings (SSSR count). The molecule has 6 heteroatoms. The molecular weight excluding hydrogens is 202 g/mol. The zero-order valence-electron chi connectivity index (χ0n) is 8.95. The second-order valence-corrected chi connectivity index (χ2v) is 3.94. The summed E-state index contributed by atoms with van der Waals surface area (Å²) >= 11 is 1.74. The first-order chi connectivity index (χ1) is 6.67. The van der Waals surface area contributed by atoms with Crippen LogP contribution in [0.1, 0.15) is 0 Å². The Morgan fingerprint density at radius 3 is 2.79 bits per heavy atom. The van der Waals surface area contributed by atoms with E-state index in [2.05, 4.69) is 5.43 Å². The van der Waals surface area contributed by atoms with Gasteiger partial charge in [0.15, 0.2) is 0 Å². The van der Waals surface area contributed by atoms with Crippen molar-refractivity contribution in [2.24, 2.45) is 5.84 Å². The van der Waals surface area contributed by atoms with Crippen molar-refractivity contribution in [3.05, 3.63) is 0 Å². The van der Waals surface area contributed by atoms with Crippen molar-refractivity contribution in [2.45, 2.75) is 6.04 Å². The molecule has 1 atom stereocenters. The van der Waals surface area contributed by atoms with Gasteiger partial charge in [-0.1, -0.05) is 0 Å². The number of hydrogen-bond donors (Lipinski definition) is 2. The van der Waals surface area contributed by atoms with Gasteiger partial charge in [-0.05, 0) is 13.3 Å². The lowest BCUT2D eigenvalue weighted by atomic mass is 10.2. The van der Waals surface area contributed by atoms with E-state index >= 15 is 0 Å². The maximum Gasteiger partial charge on any atom is 0.253 e. The highest BCUT2D eigenvalue weighted by Crippen LogP contribution is 2.00. The smallest absolute Gasteiger partial charge is 0.253 e. The first-order valence-electron chi connectivity index (χ1n) is 4.36. The molecule has 5 nitrogen and oxygen atoms in total. The standard InChI is InChI=1S/C8H19N3O2S/c1-11(4-5-14-3)7(6-13-2)8(12)10-9/h7H,4-6,9H2,1-3H3,(H,10,12). The van der Waals surface area contributed by atoms with Crippen LogP contribution in [0.15, 0.2) is 0 Å². The first kappa shape index (κ1) is 13.7. The molecule has 0 bridgehead atoms. The average Bonchev–Trinajstić information content (AvgIpc) is 2.21. The molecule has 0 heterocycles. The maximum atomic E-state index is 11.3. The van der Waals surface area contributed by atoms with E-state index in [9.17, 15) is 4.79 Å². The van der Waals surface area contributed by atoms with Gasteiger partial charge in [0, 0.05) is 19.4 Å². The highest BCUT2D eigenvalue weighted by Gasteiger charge is 2.21. The average molecular weight is 221 g/mol. The Labute approximate surface area is 89.3 Å². The summed E-state index contributed by atoms with van der Waals surface area (Å²) in [6.07, 6.45) is 2.03.